The van der Waals surface area contributed by atoms with Crippen molar-refractivity contribution in [2.45, 2.75) is 98.8 Å². The van der Waals surface area contributed by atoms with Crippen LogP contribution >= 0.6 is 0 Å². The quantitative estimate of drug-likeness (QED) is 0.0730. The fraction of sp³-hybridized carbons (Fsp3) is 0.688. The zero-order chi connectivity index (χ0) is 29.9. The van der Waals surface area contributed by atoms with Crippen LogP contribution in [0.25, 0.3) is 4.85 Å². The number of ether oxygens (including phenoxy) is 2. The van der Waals surface area contributed by atoms with Gasteiger partial charge >= 0.3 is 18.5 Å². The first-order valence-electron chi connectivity index (χ1n) is 14.3. The van der Waals surface area contributed by atoms with Crippen LogP contribution in [0.4, 0.5) is 0 Å². The van der Waals surface area contributed by atoms with Gasteiger partial charge in [0.1, 0.15) is 11.6 Å². The maximum atomic E-state index is 12.0. The summed E-state index contributed by atoms with van der Waals surface area (Å²) in [5.74, 6) is -0.0438. The van der Waals surface area contributed by atoms with Gasteiger partial charge in [0.05, 0.1) is 19.3 Å². The minimum Gasteiger partial charge on any atom is -0.461 e. The van der Waals surface area contributed by atoms with Crippen molar-refractivity contribution in [1.29, 1.82) is 10.5 Å². The van der Waals surface area contributed by atoms with E-state index in [1.165, 1.54) is 19.8 Å². The van der Waals surface area contributed by atoms with Crippen LogP contribution < -0.4 is 0 Å². The summed E-state index contributed by atoms with van der Waals surface area (Å²) in [6, 6.07) is 3.70. The van der Waals surface area contributed by atoms with Crippen LogP contribution in [0, 0.1) is 79.6 Å². The number of allylic oxidation sites excluding steroid dienone is 3. The summed E-state index contributed by atoms with van der Waals surface area (Å²) < 4.78 is 10.3. The van der Waals surface area contributed by atoms with Crippen molar-refractivity contribution in [2.24, 2.45) is 11.8 Å². The molecule has 1 saturated heterocycles. The van der Waals surface area contributed by atoms with E-state index in [0.717, 1.165) is 63.6 Å². The van der Waals surface area contributed by atoms with Crippen LogP contribution in [-0.2, 0) is 37.6 Å². The largest absolute Gasteiger partial charge is 0.461 e. The summed E-state index contributed by atoms with van der Waals surface area (Å²) in [4.78, 5) is 28.0. The number of nitriles is 2. The summed E-state index contributed by atoms with van der Waals surface area (Å²) in [6.07, 6.45) is 14.4. The standard InChI is InChI=1S/C18H28N2O2.C11H19NO2.C2H3N.CH3.U.V/c1-4-6-8-15(5-2)14-22-18(21)16(13-19)10-11-17-9-7-12-20(17)3;1-4-6-7-10(5-2)9-14-11(13)8-12-3;1-2-3;;;/h10-11,15H,4-9,12,14H2,1-3H3;10H,4-9H2,1-2H3;1H3;1H3;;/q;;;-1;;/b16-10-,17-11+;;;;;. The van der Waals surface area contributed by atoms with E-state index in [9.17, 15) is 9.59 Å². The predicted molar refractivity (Wildman–Crippen MR) is 161 cm³/mol. The molecule has 0 aliphatic carbocycles. The zero-order valence-corrected chi connectivity index (χ0v) is 32.6. The zero-order valence-electron chi connectivity index (χ0n) is 27.1. The second-order valence-electron chi connectivity index (χ2n) is 9.53. The molecule has 10 heteroatoms. The van der Waals surface area contributed by atoms with Crippen LogP contribution in [0.1, 0.15) is 98.8 Å². The van der Waals surface area contributed by atoms with Crippen molar-refractivity contribution in [1.82, 2.24) is 4.90 Å². The van der Waals surface area contributed by atoms with Crippen molar-refractivity contribution in [3.05, 3.63) is 42.3 Å². The monoisotopic (exact) mass is 846 g/mol. The van der Waals surface area contributed by atoms with Gasteiger partial charge in [0.15, 0.2) is 0 Å². The molecule has 8 nitrogen and oxygen atoms in total. The van der Waals surface area contributed by atoms with Crippen LogP contribution in [0.5, 0.6) is 0 Å². The summed E-state index contributed by atoms with van der Waals surface area (Å²) in [5, 5.41) is 16.5. The summed E-state index contributed by atoms with van der Waals surface area (Å²) in [5.41, 5.74) is 1.24. The SMILES string of the molecule is CC#N.CCCCC(CC)COC(=O)/C(C#N)=C\C=C1/CCCN1C.[C-]#[N+]CC(=O)OCC(CC)CCCC.[CH3-].[U].[V]. The molecule has 42 heavy (non-hydrogen) atoms. The number of hydrogen-bond donors (Lipinski definition) is 0. The number of esters is 2. The number of rotatable bonds is 15. The van der Waals surface area contributed by atoms with E-state index >= 15 is 0 Å². The summed E-state index contributed by atoms with van der Waals surface area (Å²) in [7, 11) is 2.02. The molecule has 0 bridgehead atoms. The Balaban J connectivity index is -0.000000199. The molecule has 2 atom stereocenters. The Kier molecular flexibility index (Phi) is 42.3. The van der Waals surface area contributed by atoms with Crippen LogP contribution in [0.3, 0.4) is 0 Å². The van der Waals surface area contributed by atoms with Gasteiger partial charge in [0.2, 0.25) is 0 Å². The van der Waals surface area contributed by atoms with E-state index in [1.54, 1.807) is 12.1 Å². The van der Waals surface area contributed by atoms with Crippen molar-refractivity contribution in [3.63, 3.8) is 0 Å². The fourth-order valence-electron chi connectivity index (χ4n) is 3.76. The molecule has 0 aromatic heterocycles. The Bertz CT molecular complexity index is 875. The molecule has 1 aliphatic rings. The minimum atomic E-state index is -0.505. The topological polar surface area (TPSA) is 108 Å². The third-order valence-corrected chi connectivity index (χ3v) is 6.42. The second kappa shape index (κ2) is 35.5. The Morgan fingerprint density at radius 1 is 1.05 bits per heavy atom. The maximum Gasteiger partial charge on any atom is 0.387 e. The molecule has 0 aromatic carbocycles. The van der Waals surface area contributed by atoms with E-state index in [4.69, 9.17) is 26.6 Å². The van der Waals surface area contributed by atoms with E-state index < -0.39 is 11.9 Å². The Morgan fingerprint density at radius 2 is 1.55 bits per heavy atom. The van der Waals surface area contributed by atoms with E-state index in [1.807, 2.05) is 19.2 Å². The summed E-state index contributed by atoms with van der Waals surface area (Å²) in [6.45, 7) is 18.2. The molecular weight excluding hydrogens is 793 g/mol. The molecule has 1 heterocycles. The molecule has 1 radical (unpaired) electrons. The molecule has 1 fully saturated rings. The van der Waals surface area contributed by atoms with Crippen molar-refractivity contribution >= 4 is 11.9 Å². The number of likely N-dealkylation sites (tertiary alicyclic amines) is 1. The third-order valence-electron chi connectivity index (χ3n) is 6.42. The van der Waals surface area contributed by atoms with Crippen LogP contribution in [-0.4, -0.2) is 50.2 Å². The van der Waals surface area contributed by atoms with Crippen LogP contribution in [0.2, 0.25) is 0 Å². The molecule has 0 saturated carbocycles. The Morgan fingerprint density at radius 3 is 1.93 bits per heavy atom. The number of unbranched alkanes of at least 4 members (excludes halogenated alkanes) is 2. The van der Waals surface area contributed by atoms with Gasteiger partial charge in [0, 0.05) is 75.9 Å². The Hall–Kier alpha value is -1.67. The van der Waals surface area contributed by atoms with Gasteiger partial charge in [0.25, 0.3) is 0 Å². The van der Waals surface area contributed by atoms with E-state index in [0.29, 0.717) is 25.0 Å². The molecule has 0 N–H and O–H groups in total. The second-order valence-corrected chi connectivity index (χ2v) is 9.53. The minimum absolute atomic E-state index is 0. The van der Waals surface area contributed by atoms with Crippen molar-refractivity contribution < 1.29 is 68.7 Å². The number of nitrogens with zero attached hydrogens (tertiary/aromatic N) is 4. The van der Waals surface area contributed by atoms with Gasteiger partial charge in [-0.25, -0.2) is 16.2 Å². The van der Waals surface area contributed by atoms with Gasteiger partial charge in [-0.2, -0.15) is 10.5 Å². The first-order valence-corrected chi connectivity index (χ1v) is 14.3. The average Bonchev–Trinajstić information content (AvgIpc) is 3.34. The molecule has 0 spiro atoms. The van der Waals surface area contributed by atoms with Crippen LogP contribution in [0.15, 0.2) is 23.4 Å². The number of hydrogen-bond acceptors (Lipinski definition) is 7. The van der Waals surface area contributed by atoms with Crippen molar-refractivity contribution in [3.8, 4) is 12.1 Å². The smallest absolute Gasteiger partial charge is 0.387 e. The average molecular weight is 847 g/mol. The normalized spacial score (nSPS) is 13.7. The summed E-state index contributed by atoms with van der Waals surface area (Å²) >= 11 is 0. The number of carbonyl (C=O) groups is 2. The van der Waals surface area contributed by atoms with Gasteiger partial charge in [-0.15, -0.1) is 0 Å². The molecule has 0 amide bonds. The molecular formula is C32H53N4O4UV-. The van der Waals surface area contributed by atoms with Gasteiger partial charge in [-0.05, 0) is 49.7 Å². The first-order chi connectivity index (χ1) is 18.8. The van der Waals surface area contributed by atoms with Gasteiger partial charge < -0.3 is 26.6 Å². The van der Waals surface area contributed by atoms with Gasteiger partial charge in [-0.1, -0.05) is 66.2 Å². The van der Waals surface area contributed by atoms with E-state index in [2.05, 4.69) is 37.4 Å². The molecule has 235 valence electrons. The Labute approximate surface area is 292 Å². The van der Waals surface area contributed by atoms with Crippen molar-refractivity contribution in [2.75, 3.05) is 33.4 Å². The third kappa shape index (κ3) is 27.2. The van der Waals surface area contributed by atoms with Gasteiger partial charge in [-0.3, -0.25) is 0 Å². The maximum absolute atomic E-state index is 12.0. The molecule has 2 unspecified atom stereocenters. The number of carbonyl (C=O) groups excluding carboxylic acids is 2. The molecule has 0 aromatic rings. The molecule has 1 aliphatic heterocycles. The first kappa shape index (κ1) is 50.0. The predicted octanol–water partition coefficient (Wildman–Crippen LogP) is 7.45. The fourth-order valence-corrected chi connectivity index (χ4v) is 3.76. The van der Waals surface area contributed by atoms with E-state index in [-0.39, 0.29) is 69.2 Å². The molecule has 1 rings (SSSR count).